The summed E-state index contributed by atoms with van der Waals surface area (Å²) in [4.78, 5) is 15.5. The number of nitrogens with one attached hydrogen (secondary N) is 2. The number of allylic oxidation sites excluding steroid dienone is 2. The van der Waals surface area contributed by atoms with E-state index in [0.717, 1.165) is 11.1 Å². The number of H-pyrrole nitrogens is 1. The molecule has 3 heterocycles. The number of ketones is 1. The number of nitrogens with zero attached hydrogens (tertiary/aromatic N) is 4. The van der Waals surface area contributed by atoms with Crippen molar-refractivity contribution in [3.63, 3.8) is 0 Å². The summed E-state index contributed by atoms with van der Waals surface area (Å²) in [7, 11) is 0. The van der Waals surface area contributed by atoms with Crippen molar-refractivity contribution in [1.82, 2.24) is 20.5 Å². The second kappa shape index (κ2) is 4.78. The lowest BCUT2D eigenvalue weighted by atomic mass is 9.85. The fraction of sp³-hybridized carbons (Fsp3) is 0.133. The Morgan fingerprint density at radius 2 is 2.22 bits per heavy atom. The van der Waals surface area contributed by atoms with E-state index in [4.69, 9.17) is 11.2 Å². The van der Waals surface area contributed by atoms with Crippen molar-refractivity contribution in [1.29, 1.82) is 0 Å². The van der Waals surface area contributed by atoms with Gasteiger partial charge in [0.25, 0.3) is 0 Å². The molecule has 23 heavy (non-hydrogen) atoms. The third kappa shape index (κ3) is 1.83. The van der Waals surface area contributed by atoms with Crippen LogP contribution in [0.25, 0.3) is 15.9 Å². The van der Waals surface area contributed by atoms with Crippen LogP contribution in [0.5, 0.6) is 0 Å². The van der Waals surface area contributed by atoms with Gasteiger partial charge in [-0.25, -0.2) is 9.47 Å². The summed E-state index contributed by atoms with van der Waals surface area (Å²) in [5.41, 5.74) is 3.25. The normalized spacial score (nSPS) is 16.8. The minimum Gasteiger partial charge on any atom is -0.347 e. The van der Waals surface area contributed by atoms with Gasteiger partial charge in [0.2, 0.25) is 5.70 Å². The van der Waals surface area contributed by atoms with E-state index in [1.165, 1.54) is 6.92 Å². The quantitative estimate of drug-likeness (QED) is 0.704. The molecule has 1 aromatic carbocycles. The van der Waals surface area contributed by atoms with Crippen molar-refractivity contribution in [3.8, 4) is 0 Å². The summed E-state index contributed by atoms with van der Waals surface area (Å²) in [5.74, 6) is -0.0789. The molecule has 112 valence electrons. The van der Waals surface area contributed by atoms with Crippen LogP contribution in [0.3, 0.4) is 0 Å². The maximum Gasteiger partial charge on any atom is 0.203 e. The van der Waals surface area contributed by atoms with Gasteiger partial charge in [-0.05, 0) is 28.9 Å². The lowest BCUT2D eigenvalue weighted by molar-refractivity contribution is -0.113. The Kier molecular flexibility index (Phi) is 2.74. The van der Waals surface area contributed by atoms with E-state index < -0.39 is 5.92 Å². The highest BCUT2D eigenvalue weighted by Crippen LogP contribution is 2.43. The summed E-state index contributed by atoms with van der Waals surface area (Å²) in [5, 5.41) is 17.6. The molecule has 0 saturated heterocycles. The largest absolute Gasteiger partial charge is 0.347 e. The number of Topliss-reactive ketones (excluding diaryl/α,β-unsaturated/α-hetero) is 1. The zero-order valence-electron chi connectivity index (χ0n) is 12.0. The maximum absolute atomic E-state index is 11.9. The number of hydrogen-bond donors (Lipinski definition) is 2. The van der Waals surface area contributed by atoms with E-state index >= 15 is 0 Å². The van der Waals surface area contributed by atoms with Gasteiger partial charge in [-0.2, -0.15) is 5.10 Å². The summed E-state index contributed by atoms with van der Waals surface area (Å²) >= 11 is 0. The summed E-state index contributed by atoms with van der Waals surface area (Å²) in [6.45, 7) is 8.97. The van der Waals surface area contributed by atoms with Crippen LogP contribution >= 0.6 is 0 Å². The molecule has 1 aliphatic rings. The number of aromatic nitrogens is 4. The average molecular weight is 306 g/mol. The van der Waals surface area contributed by atoms with Gasteiger partial charge >= 0.3 is 0 Å². The van der Waals surface area contributed by atoms with Crippen molar-refractivity contribution in [2.75, 3.05) is 5.32 Å². The van der Waals surface area contributed by atoms with E-state index in [0.29, 0.717) is 22.5 Å². The highest BCUT2D eigenvalue weighted by Gasteiger charge is 2.34. The Morgan fingerprint density at radius 3 is 3.00 bits per heavy atom. The molecule has 0 bridgehead atoms. The van der Waals surface area contributed by atoms with Crippen molar-refractivity contribution in [2.45, 2.75) is 12.8 Å². The first-order chi connectivity index (χ1) is 11.2. The minimum atomic E-state index is -0.461. The summed E-state index contributed by atoms with van der Waals surface area (Å²) < 4.78 is 4.81. The second-order valence-electron chi connectivity index (χ2n) is 5.17. The first kappa shape index (κ1) is 13.2. The zero-order chi connectivity index (χ0) is 16.0. The Bertz CT molecular complexity index is 1010. The number of carbonyl (C=O) groups excluding carboxylic acids is 1. The van der Waals surface area contributed by atoms with Gasteiger partial charge in [-0.15, -0.1) is 0 Å². The molecule has 0 aliphatic carbocycles. The van der Waals surface area contributed by atoms with Crippen molar-refractivity contribution in [2.24, 2.45) is 0 Å². The predicted octanol–water partition coefficient (Wildman–Crippen LogP) is 2.22. The molecular formula is C15H10N6O2. The number of fused-ring (bicyclic) bond motifs is 2. The fourth-order valence-corrected chi connectivity index (χ4v) is 2.86. The molecule has 0 radical (unpaired) electrons. The number of hydrogen-bond acceptors (Lipinski definition) is 6. The Hall–Kier alpha value is -3.47. The van der Waals surface area contributed by atoms with Crippen molar-refractivity contribution >= 4 is 22.6 Å². The molecule has 1 atom stereocenters. The van der Waals surface area contributed by atoms with Gasteiger partial charge in [0.1, 0.15) is 16.9 Å². The minimum absolute atomic E-state index is 0.216. The number of benzene rings is 1. The molecule has 0 fully saturated rings. The molecule has 0 amide bonds. The third-order valence-corrected chi connectivity index (χ3v) is 3.86. The lowest BCUT2D eigenvalue weighted by Crippen LogP contribution is -2.21. The van der Waals surface area contributed by atoms with Gasteiger partial charge in [0.05, 0.1) is 24.4 Å². The third-order valence-electron chi connectivity index (χ3n) is 3.86. The SMILES string of the molecule is [C-]#[N+]C1=C(C(C)=O)Nc2[nH]ncc2C1c1cccc2nonc12. The first-order valence-corrected chi connectivity index (χ1v) is 6.84. The van der Waals surface area contributed by atoms with Gasteiger partial charge in [0.15, 0.2) is 5.78 Å². The smallest absolute Gasteiger partial charge is 0.203 e. The van der Waals surface area contributed by atoms with Crippen molar-refractivity contribution in [3.05, 3.63) is 58.3 Å². The number of carbonyl (C=O) groups is 1. The molecule has 0 spiro atoms. The first-order valence-electron chi connectivity index (χ1n) is 6.84. The molecule has 4 rings (SSSR count). The van der Waals surface area contributed by atoms with Gasteiger partial charge in [-0.3, -0.25) is 9.89 Å². The van der Waals surface area contributed by atoms with Crippen LogP contribution in [-0.2, 0) is 4.79 Å². The van der Waals surface area contributed by atoms with E-state index in [9.17, 15) is 4.79 Å². The van der Waals surface area contributed by atoms with E-state index in [1.54, 1.807) is 12.3 Å². The topological polar surface area (TPSA) is 101 Å². The summed E-state index contributed by atoms with van der Waals surface area (Å²) in [6, 6.07) is 5.45. The molecule has 8 heteroatoms. The van der Waals surface area contributed by atoms with Crippen LogP contribution in [0.15, 0.2) is 40.4 Å². The second-order valence-corrected chi connectivity index (χ2v) is 5.17. The summed E-state index contributed by atoms with van der Waals surface area (Å²) in [6.07, 6.45) is 1.64. The molecule has 3 aromatic rings. The molecule has 1 unspecified atom stereocenters. The van der Waals surface area contributed by atoms with E-state index in [-0.39, 0.29) is 11.5 Å². The highest BCUT2D eigenvalue weighted by molar-refractivity contribution is 5.99. The Labute approximate surface area is 130 Å². The average Bonchev–Trinajstić information content (AvgIpc) is 3.20. The monoisotopic (exact) mass is 306 g/mol. The fourth-order valence-electron chi connectivity index (χ4n) is 2.86. The van der Waals surface area contributed by atoms with Gasteiger partial charge < -0.3 is 5.32 Å². The van der Waals surface area contributed by atoms with Gasteiger partial charge in [0, 0.05) is 5.56 Å². The van der Waals surface area contributed by atoms with Crippen LogP contribution < -0.4 is 5.32 Å². The maximum atomic E-state index is 11.9. The molecule has 2 aromatic heterocycles. The van der Waals surface area contributed by atoms with Crippen LogP contribution in [0, 0.1) is 6.57 Å². The lowest BCUT2D eigenvalue weighted by Gasteiger charge is -2.24. The molecular weight excluding hydrogens is 296 g/mol. The number of rotatable bonds is 2. The van der Waals surface area contributed by atoms with Crippen LogP contribution in [0.2, 0.25) is 0 Å². The van der Waals surface area contributed by atoms with E-state index in [2.05, 4.69) is 30.7 Å². The standard InChI is InChI=1S/C15H10N6O2/c1-7(22)12-14(16-2)11(9-6-17-19-15(9)18-12)8-4-3-5-10-13(8)21-23-20-10/h3-6,11H,1H3,(H2,17,18,19). The highest BCUT2D eigenvalue weighted by atomic mass is 16.6. The molecule has 0 saturated carbocycles. The predicted molar refractivity (Wildman–Crippen MR) is 80.2 cm³/mol. The van der Waals surface area contributed by atoms with Crippen LogP contribution in [0.4, 0.5) is 5.82 Å². The number of aromatic amines is 1. The van der Waals surface area contributed by atoms with Crippen molar-refractivity contribution < 1.29 is 9.42 Å². The Balaban J connectivity index is 2.04. The van der Waals surface area contributed by atoms with Gasteiger partial charge in [-0.1, -0.05) is 12.1 Å². The molecule has 2 N–H and O–H groups in total. The molecule has 1 aliphatic heterocycles. The molecule has 8 nitrogen and oxygen atoms in total. The zero-order valence-corrected chi connectivity index (χ0v) is 12.0. The number of anilines is 1. The van der Waals surface area contributed by atoms with E-state index in [1.807, 2.05) is 12.1 Å². The van der Waals surface area contributed by atoms with Crippen LogP contribution in [0.1, 0.15) is 24.0 Å². The van der Waals surface area contributed by atoms with Crippen LogP contribution in [-0.4, -0.2) is 26.3 Å². The Morgan fingerprint density at radius 1 is 1.35 bits per heavy atom.